The summed E-state index contributed by atoms with van der Waals surface area (Å²) in [6.45, 7) is 0. The lowest BCUT2D eigenvalue weighted by atomic mass is 10.2. The van der Waals surface area contributed by atoms with Crippen LogP contribution in [0.25, 0.3) is 0 Å². The molecule has 0 radical (unpaired) electrons. The molecule has 0 atom stereocenters. The Kier molecular flexibility index (Phi) is 5.53. The van der Waals surface area contributed by atoms with E-state index in [1.54, 1.807) is 12.1 Å². The summed E-state index contributed by atoms with van der Waals surface area (Å²) in [7, 11) is -4.22. The molecule has 6 nitrogen and oxygen atoms in total. The molecule has 3 aromatic carbocycles. The van der Waals surface area contributed by atoms with Crippen molar-refractivity contribution in [2.75, 3.05) is 4.72 Å². The fourth-order valence-corrected chi connectivity index (χ4v) is 3.87. The molecule has 0 saturated heterocycles. The van der Waals surface area contributed by atoms with Crippen LogP contribution in [0.4, 0.5) is 10.1 Å². The van der Waals surface area contributed by atoms with Gasteiger partial charge in [0.25, 0.3) is 10.0 Å². The zero-order valence-corrected chi connectivity index (χ0v) is 15.7. The molecular formula is C19H13ClFNO5S. The predicted molar refractivity (Wildman–Crippen MR) is 102 cm³/mol. The smallest absolute Gasteiger partial charge is 0.337 e. The van der Waals surface area contributed by atoms with Crippen molar-refractivity contribution in [3.05, 3.63) is 83.1 Å². The Bertz CT molecular complexity index is 1150. The Balaban J connectivity index is 1.97. The Morgan fingerprint density at radius 3 is 2.39 bits per heavy atom. The summed E-state index contributed by atoms with van der Waals surface area (Å²) in [5.41, 5.74) is -0.307. The van der Waals surface area contributed by atoms with E-state index in [0.29, 0.717) is 0 Å². The van der Waals surface area contributed by atoms with Crippen molar-refractivity contribution in [3.63, 3.8) is 0 Å². The summed E-state index contributed by atoms with van der Waals surface area (Å²) in [5.74, 6) is -1.69. The number of benzene rings is 3. The molecule has 2 N–H and O–H groups in total. The van der Waals surface area contributed by atoms with Gasteiger partial charge in [-0.25, -0.2) is 17.6 Å². The molecule has 0 unspecified atom stereocenters. The van der Waals surface area contributed by atoms with Gasteiger partial charge in [0.1, 0.15) is 16.5 Å². The van der Waals surface area contributed by atoms with Crippen LogP contribution < -0.4 is 9.46 Å². The molecule has 0 aliphatic carbocycles. The molecule has 0 bridgehead atoms. The number of ether oxygens (including phenoxy) is 1. The van der Waals surface area contributed by atoms with E-state index >= 15 is 0 Å². The number of anilines is 1. The quantitative estimate of drug-likeness (QED) is 0.598. The molecule has 0 aliphatic rings. The lowest BCUT2D eigenvalue weighted by Crippen LogP contribution is -2.17. The normalized spacial score (nSPS) is 11.1. The number of carboxylic acids is 1. The van der Waals surface area contributed by atoms with Crippen molar-refractivity contribution in [1.82, 2.24) is 0 Å². The van der Waals surface area contributed by atoms with E-state index in [9.17, 15) is 22.7 Å². The van der Waals surface area contributed by atoms with E-state index in [1.807, 2.05) is 0 Å². The minimum Gasteiger partial charge on any atom is -0.478 e. The maximum absolute atomic E-state index is 13.2. The highest BCUT2D eigenvalue weighted by molar-refractivity contribution is 7.92. The Hall–Kier alpha value is -3.10. The van der Waals surface area contributed by atoms with Gasteiger partial charge in [-0.3, -0.25) is 4.72 Å². The van der Waals surface area contributed by atoms with Gasteiger partial charge >= 0.3 is 5.97 Å². The van der Waals surface area contributed by atoms with Crippen molar-refractivity contribution < 1.29 is 27.4 Å². The van der Waals surface area contributed by atoms with Crippen LogP contribution in [0.15, 0.2) is 71.6 Å². The predicted octanol–water partition coefficient (Wildman–Crippen LogP) is 4.77. The lowest BCUT2D eigenvalue weighted by molar-refractivity contribution is 0.0692. The first-order chi connectivity index (χ1) is 13.3. The first kappa shape index (κ1) is 19.7. The van der Waals surface area contributed by atoms with E-state index in [4.69, 9.17) is 16.3 Å². The fraction of sp³-hybridized carbons (Fsp3) is 0. The minimum absolute atomic E-state index is 0.00823. The van der Waals surface area contributed by atoms with Crippen molar-refractivity contribution >= 4 is 33.3 Å². The third-order valence-corrected chi connectivity index (χ3v) is 5.37. The van der Waals surface area contributed by atoms with Gasteiger partial charge in [-0.2, -0.15) is 0 Å². The van der Waals surface area contributed by atoms with E-state index in [-0.39, 0.29) is 27.8 Å². The SMILES string of the molecule is O=C(O)c1ccccc1S(=O)(=O)Nc1ccccc1Oc1ccc(F)cc1Cl. The van der Waals surface area contributed by atoms with Crippen LogP contribution in [0.3, 0.4) is 0 Å². The number of hydrogen-bond acceptors (Lipinski definition) is 4. The number of nitrogens with one attached hydrogen (secondary N) is 1. The number of sulfonamides is 1. The van der Waals surface area contributed by atoms with Crippen LogP contribution in [-0.2, 0) is 10.0 Å². The molecule has 0 aliphatic heterocycles. The number of rotatable bonds is 6. The second-order valence-electron chi connectivity index (χ2n) is 5.58. The lowest BCUT2D eigenvalue weighted by Gasteiger charge is -2.15. The number of halogens is 2. The number of carbonyl (C=O) groups is 1. The summed E-state index contributed by atoms with van der Waals surface area (Å²) < 4.78 is 46.6. The van der Waals surface area contributed by atoms with Gasteiger partial charge in [-0.15, -0.1) is 0 Å². The topological polar surface area (TPSA) is 92.7 Å². The number of carboxylic acid groups (broad SMARTS) is 1. The first-order valence-corrected chi connectivity index (χ1v) is 9.71. The first-order valence-electron chi connectivity index (χ1n) is 7.85. The van der Waals surface area contributed by atoms with Gasteiger partial charge in [0.2, 0.25) is 0 Å². The zero-order valence-electron chi connectivity index (χ0n) is 14.1. The van der Waals surface area contributed by atoms with Crippen molar-refractivity contribution in [1.29, 1.82) is 0 Å². The van der Waals surface area contributed by atoms with E-state index < -0.39 is 26.7 Å². The summed E-state index contributed by atoms with van der Waals surface area (Å²) in [5, 5.41) is 9.24. The summed E-state index contributed by atoms with van der Waals surface area (Å²) >= 11 is 5.95. The second kappa shape index (κ2) is 7.87. The summed E-state index contributed by atoms with van der Waals surface area (Å²) in [4.78, 5) is 10.9. The molecule has 3 rings (SSSR count). The van der Waals surface area contributed by atoms with Crippen LogP contribution in [0, 0.1) is 5.82 Å². The van der Waals surface area contributed by atoms with Crippen molar-refractivity contribution in [2.24, 2.45) is 0 Å². The third-order valence-electron chi connectivity index (χ3n) is 3.65. The molecular weight excluding hydrogens is 409 g/mol. The van der Waals surface area contributed by atoms with Gasteiger partial charge in [0, 0.05) is 0 Å². The number of hydrogen-bond donors (Lipinski definition) is 2. The van der Waals surface area contributed by atoms with E-state index in [2.05, 4.69) is 4.72 Å². The van der Waals surface area contributed by atoms with E-state index in [0.717, 1.165) is 12.1 Å². The number of aromatic carboxylic acids is 1. The molecule has 144 valence electrons. The van der Waals surface area contributed by atoms with Gasteiger partial charge in [0.15, 0.2) is 5.75 Å². The molecule has 0 spiro atoms. The molecule has 9 heteroatoms. The van der Waals surface area contributed by atoms with Crippen LogP contribution in [0.1, 0.15) is 10.4 Å². The van der Waals surface area contributed by atoms with Gasteiger partial charge < -0.3 is 9.84 Å². The van der Waals surface area contributed by atoms with Gasteiger partial charge in [-0.1, -0.05) is 35.9 Å². The molecule has 0 amide bonds. The Morgan fingerprint density at radius 2 is 1.68 bits per heavy atom. The Morgan fingerprint density at radius 1 is 1.00 bits per heavy atom. The van der Waals surface area contributed by atoms with E-state index in [1.165, 1.54) is 42.5 Å². The van der Waals surface area contributed by atoms with Crippen LogP contribution in [0.2, 0.25) is 5.02 Å². The zero-order chi connectivity index (χ0) is 20.3. The average molecular weight is 422 g/mol. The van der Waals surface area contributed by atoms with Crippen molar-refractivity contribution in [2.45, 2.75) is 4.90 Å². The monoisotopic (exact) mass is 421 g/mol. The largest absolute Gasteiger partial charge is 0.478 e. The second-order valence-corrected chi connectivity index (χ2v) is 7.64. The van der Waals surface area contributed by atoms with Crippen LogP contribution >= 0.6 is 11.6 Å². The van der Waals surface area contributed by atoms with Crippen LogP contribution in [0.5, 0.6) is 11.5 Å². The highest BCUT2D eigenvalue weighted by Crippen LogP contribution is 2.35. The fourth-order valence-electron chi connectivity index (χ4n) is 2.39. The summed E-state index contributed by atoms with van der Waals surface area (Å²) in [6.07, 6.45) is 0. The maximum Gasteiger partial charge on any atom is 0.337 e. The third kappa shape index (κ3) is 4.24. The highest BCUT2D eigenvalue weighted by Gasteiger charge is 2.23. The Labute approximate surface area is 165 Å². The van der Waals surface area contributed by atoms with Crippen LogP contribution in [-0.4, -0.2) is 19.5 Å². The molecule has 0 fully saturated rings. The van der Waals surface area contributed by atoms with Gasteiger partial charge in [0.05, 0.1) is 16.3 Å². The van der Waals surface area contributed by atoms with Gasteiger partial charge in [-0.05, 0) is 42.5 Å². The number of para-hydroxylation sites is 2. The standard InChI is InChI=1S/C19H13ClFNO5S/c20-14-11-12(21)9-10-16(14)27-17-7-3-2-6-15(17)22-28(25,26)18-8-4-1-5-13(18)19(23)24/h1-11,22H,(H,23,24). The minimum atomic E-state index is -4.22. The highest BCUT2D eigenvalue weighted by atomic mass is 35.5. The molecule has 28 heavy (non-hydrogen) atoms. The molecule has 3 aromatic rings. The molecule has 0 aromatic heterocycles. The maximum atomic E-state index is 13.2. The molecule has 0 heterocycles. The average Bonchev–Trinajstić information content (AvgIpc) is 2.65. The summed E-state index contributed by atoms with van der Waals surface area (Å²) in [6, 6.07) is 14.8. The van der Waals surface area contributed by atoms with Crippen molar-refractivity contribution in [3.8, 4) is 11.5 Å². The molecule has 0 saturated carbocycles.